The Morgan fingerprint density at radius 1 is 1.21 bits per heavy atom. The van der Waals surface area contributed by atoms with E-state index in [1.54, 1.807) is 0 Å². The highest BCUT2D eigenvalue weighted by Gasteiger charge is 2.36. The third kappa shape index (κ3) is 3.31. The molecule has 3 nitrogen and oxygen atoms in total. The fourth-order valence-corrected chi connectivity index (χ4v) is 3.86. The van der Waals surface area contributed by atoms with Crippen LogP contribution in [0.3, 0.4) is 0 Å². The molecule has 1 heterocycles. The number of rotatable bonds is 3. The predicted molar refractivity (Wildman–Crippen MR) is 78.8 cm³/mol. The standard InChI is InChI=1S/C16H30N2O/c1-13-7-6-10-18(14(13)2)15(19)11-16(12-17)8-4-3-5-9-16/h13-14H,3-12,17H2,1-2H3. The average Bonchev–Trinajstić information content (AvgIpc) is 2.42. The van der Waals surface area contributed by atoms with Crippen LogP contribution < -0.4 is 5.73 Å². The first-order valence-electron chi connectivity index (χ1n) is 8.07. The van der Waals surface area contributed by atoms with Crippen LogP contribution in [0.25, 0.3) is 0 Å². The van der Waals surface area contributed by atoms with E-state index in [0.717, 1.165) is 25.8 Å². The van der Waals surface area contributed by atoms with E-state index < -0.39 is 0 Å². The van der Waals surface area contributed by atoms with Crippen molar-refractivity contribution in [3.8, 4) is 0 Å². The molecule has 0 spiro atoms. The molecule has 2 fully saturated rings. The van der Waals surface area contributed by atoms with Gasteiger partial charge in [-0.1, -0.05) is 26.2 Å². The van der Waals surface area contributed by atoms with Gasteiger partial charge in [0.1, 0.15) is 0 Å². The number of piperidine rings is 1. The second-order valence-electron chi connectivity index (χ2n) is 6.89. The third-order valence-electron chi connectivity index (χ3n) is 5.57. The SMILES string of the molecule is CC1CCCN(C(=O)CC2(CN)CCCCC2)C1C. The maximum atomic E-state index is 12.7. The van der Waals surface area contributed by atoms with E-state index in [1.165, 1.54) is 25.7 Å². The summed E-state index contributed by atoms with van der Waals surface area (Å²) >= 11 is 0. The van der Waals surface area contributed by atoms with Crippen LogP contribution in [-0.4, -0.2) is 29.9 Å². The summed E-state index contributed by atoms with van der Waals surface area (Å²) in [6, 6.07) is 0.402. The van der Waals surface area contributed by atoms with Crippen molar-refractivity contribution in [2.75, 3.05) is 13.1 Å². The number of nitrogens with two attached hydrogens (primary N) is 1. The Hall–Kier alpha value is -0.570. The number of amides is 1. The number of hydrogen-bond donors (Lipinski definition) is 1. The minimum atomic E-state index is 0.107. The van der Waals surface area contributed by atoms with Crippen LogP contribution in [0.4, 0.5) is 0 Å². The Morgan fingerprint density at radius 3 is 2.53 bits per heavy atom. The summed E-state index contributed by atoms with van der Waals surface area (Å²) in [7, 11) is 0. The maximum Gasteiger partial charge on any atom is 0.223 e. The number of carbonyl (C=O) groups is 1. The zero-order valence-corrected chi connectivity index (χ0v) is 12.7. The minimum Gasteiger partial charge on any atom is -0.340 e. The largest absolute Gasteiger partial charge is 0.340 e. The Labute approximate surface area is 117 Å². The Morgan fingerprint density at radius 2 is 1.89 bits per heavy atom. The van der Waals surface area contributed by atoms with Gasteiger partial charge in [-0.25, -0.2) is 0 Å². The van der Waals surface area contributed by atoms with Crippen LogP contribution in [-0.2, 0) is 4.79 Å². The van der Waals surface area contributed by atoms with Gasteiger partial charge in [-0.3, -0.25) is 4.79 Å². The first kappa shape index (κ1) is 14.8. The van der Waals surface area contributed by atoms with E-state index in [4.69, 9.17) is 5.73 Å². The molecule has 2 atom stereocenters. The molecule has 0 aromatic heterocycles. The van der Waals surface area contributed by atoms with Gasteiger partial charge in [0.15, 0.2) is 0 Å². The van der Waals surface area contributed by atoms with Crippen LogP contribution in [0.1, 0.15) is 65.2 Å². The quantitative estimate of drug-likeness (QED) is 0.853. The zero-order valence-electron chi connectivity index (χ0n) is 12.7. The van der Waals surface area contributed by atoms with E-state index in [9.17, 15) is 4.79 Å². The minimum absolute atomic E-state index is 0.107. The molecule has 1 saturated carbocycles. The lowest BCUT2D eigenvalue weighted by Gasteiger charge is -2.42. The fraction of sp³-hybridized carbons (Fsp3) is 0.938. The molecule has 1 aliphatic heterocycles. The van der Waals surface area contributed by atoms with Crippen molar-refractivity contribution >= 4 is 5.91 Å². The molecule has 2 rings (SSSR count). The lowest BCUT2D eigenvalue weighted by molar-refractivity contribution is -0.138. The molecule has 3 heteroatoms. The molecule has 0 bridgehead atoms. The second kappa shape index (κ2) is 6.25. The highest BCUT2D eigenvalue weighted by atomic mass is 16.2. The molecular formula is C16H30N2O. The van der Waals surface area contributed by atoms with E-state index >= 15 is 0 Å². The number of likely N-dealkylation sites (tertiary alicyclic amines) is 1. The van der Waals surface area contributed by atoms with E-state index in [1.807, 2.05) is 0 Å². The smallest absolute Gasteiger partial charge is 0.223 e. The van der Waals surface area contributed by atoms with E-state index in [2.05, 4.69) is 18.7 Å². The fourth-order valence-electron chi connectivity index (χ4n) is 3.86. The van der Waals surface area contributed by atoms with Crippen molar-refractivity contribution in [3.05, 3.63) is 0 Å². The Balaban J connectivity index is 1.98. The summed E-state index contributed by atoms with van der Waals surface area (Å²) in [5, 5.41) is 0. The number of nitrogens with zero attached hydrogens (tertiary/aromatic N) is 1. The summed E-state index contributed by atoms with van der Waals surface area (Å²) in [4.78, 5) is 14.8. The monoisotopic (exact) mass is 266 g/mol. The molecular weight excluding hydrogens is 236 g/mol. The summed E-state index contributed by atoms with van der Waals surface area (Å²) < 4.78 is 0. The molecule has 2 aliphatic rings. The van der Waals surface area contributed by atoms with Crippen molar-refractivity contribution in [1.29, 1.82) is 0 Å². The summed E-state index contributed by atoms with van der Waals surface area (Å²) in [6.45, 7) is 6.10. The molecule has 0 aromatic rings. The molecule has 1 amide bonds. The highest BCUT2D eigenvalue weighted by molar-refractivity contribution is 5.77. The van der Waals surface area contributed by atoms with Crippen molar-refractivity contribution < 1.29 is 4.79 Å². The predicted octanol–water partition coefficient (Wildman–Crippen LogP) is 2.93. The van der Waals surface area contributed by atoms with Gasteiger partial charge >= 0.3 is 0 Å². The molecule has 110 valence electrons. The van der Waals surface area contributed by atoms with Gasteiger partial charge < -0.3 is 10.6 Å². The maximum absolute atomic E-state index is 12.7. The van der Waals surface area contributed by atoms with E-state index in [0.29, 0.717) is 30.8 Å². The molecule has 1 saturated heterocycles. The second-order valence-corrected chi connectivity index (χ2v) is 6.89. The molecule has 1 aliphatic carbocycles. The summed E-state index contributed by atoms with van der Waals surface area (Å²) in [5.74, 6) is 0.990. The average molecular weight is 266 g/mol. The topological polar surface area (TPSA) is 46.3 Å². The van der Waals surface area contributed by atoms with Crippen molar-refractivity contribution in [1.82, 2.24) is 4.90 Å². The summed E-state index contributed by atoms with van der Waals surface area (Å²) in [6.07, 6.45) is 9.19. The lowest BCUT2D eigenvalue weighted by Crippen LogP contribution is -2.48. The molecule has 2 unspecified atom stereocenters. The van der Waals surface area contributed by atoms with Gasteiger partial charge in [-0.15, -0.1) is 0 Å². The highest BCUT2D eigenvalue weighted by Crippen LogP contribution is 2.39. The molecule has 19 heavy (non-hydrogen) atoms. The van der Waals surface area contributed by atoms with Crippen LogP contribution in [0.5, 0.6) is 0 Å². The van der Waals surface area contributed by atoms with Crippen LogP contribution in [0, 0.1) is 11.3 Å². The van der Waals surface area contributed by atoms with Gasteiger partial charge in [0, 0.05) is 19.0 Å². The van der Waals surface area contributed by atoms with Crippen molar-refractivity contribution in [2.45, 2.75) is 71.3 Å². The van der Waals surface area contributed by atoms with Crippen LogP contribution >= 0.6 is 0 Å². The Bertz CT molecular complexity index is 310. The van der Waals surface area contributed by atoms with Gasteiger partial charge in [0.05, 0.1) is 0 Å². The van der Waals surface area contributed by atoms with Gasteiger partial charge in [-0.05, 0) is 50.5 Å². The lowest BCUT2D eigenvalue weighted by atomic mass is 9.71. The van der Waals surface area contributed by atoms with Crippen molar-refractivity contribution in [3.63, 3.8) is 0 Å². The van der Waals surface area contributed by atoms with Gasteiger partial charge in [-0.2, -0.15) is 0 Å². The van der Waals surface area contributed by atoms with Gasteiger partial charge in [0.25, 0.3) is 0 Å². The summed E-state index contributed by atoms with van der Waals surface area (Å²) in [5.41, 5.74) is 6.11. The van der Waals surface area contributed by atoms with E-state index in [-0.39, 0.29) is 5.41 Å². The van der Waals surface area contributed by atoms with Gasteiger partial charge in [0.2, 0.25) is 5.91 Å². The molecule has 0 radical (unpaired) electrons. The van der Waals surface area contributed by atoms with Crippen molar-refractivity contribution in [2.24, 2.45) is 17.1 Å². The molecule has 0 aromatic carbocycles. The Kier molecular flexibility index (Phi) is 4.88. The third-order valence-corrected chi connectivity index (χ3v) is 5.57. The number of carbonyl (C=O) groups excluding carboxylic acids is 1. The zero-order chi connectivity index (χ0) is 13.9. The van der Waals surface area contributed by atoms with Crippen LogP contribution in [0.2, 0.25) is 0 Å². The number of hydrogen-bond acceptors (Lipinski definition) is 2. The first-order valence-corrected chi connectivity index (χ1v) is 8.07. The van der Waals surface area contributed by atoms with Crippen LogP contribution in [0.15, 0.2) is 0 Å². The molecule has 2 N–H and O–H groups in total. The first-order chi connectivity index (χ1) is 9.08. The normalized spacial score (nSPS) is 31.2.